The Morgan fingerprint density at radius 1 is 1.29 bits per heavy atom. The molecular formula is C15H21N3O2S. The van der Waals surface area contributed by atoms with Gasteiger partial charge in [-0.05, 0) is 38.2 Å². The van der Waals surface area contributed by atoms with Crippen molar-refractivity contribution in [3.8, 4) is 0 Å². The minimum atomic E-state index is 0.424. The van der Waals surface area contributed by atoms with Crippen LogP contribution in [0.15, 0.2) is 0 Å². The third kappa shape index (κ3) is 3.17. The van der Waals surface area contributed by atoms with Crippen molar-refractivity contribution < 1.29 is 9.47 Å². The van der Waals surface area contributed by atoms with Gasteiger partial charge >= 0.3 is 0 Å². The van der Waals surface area contributed by atoms with Crippen LogP contribution in [0.5, 0.6) is 0 Å². The van der Waals surface area contributed by atoms with E-state index >= 15 is 0 Å². The number of hydrogen-bond acceptors (Lipinski definition) is 6. The lowest BCUT2D eigenvalue weighted by molar-refractivity contribution is 0.0143. The molecule has 114 valence electrons. The molecule has 1 saturated heterocycles. The van der Waals surface area contributed by atoms with Crippen molar-refractivity contribution in [2.75, 3.05) is 25.6 Å². The number of nitrogens with two attached hydrogens (primary N) is 1. The summed E-state index contributed by atoms with van der Waals surface area (Å²) in [7, 11) is 0. The number of fused-ring (bicyclic) bond motifs is 1. The van der Waals surface area contributed by atoms with E-state index in [4.69, 9.17) is 15.2 Å². The van der Waals surface area contributed by atoms with Crippen molar-refractivity contribution in [1.82, 2.24) is 9.97 Å². The van der Waals surface area contributed by atoms with Crippen LogP contribution in [0, 0.1) is 19.8 Å². The Kier molecular flexibility index (Phi) is 4.37. The summed E-state index contributed by atoms with van der Waals surface area (Å²) in [4.78, 5) is 11.2. The fraction of sp³-hybridized carbons (Fsp3) is 0.600. The normalized spacial score (nSPS) is 16.7. The van der Waals surface area contributed by atoms with Gasteiger partial charge in [-0.3, -0.25) is 0 Å². The van der Waals surface area contributed by atoms with Crippen LogP contribution in [-0.4, -0.2) is 29.8 Å². The average molecular weight is 307 g/mol. The molecule has 5 nitrogen and oxygen atoms in total. The Bertz CT molecular complexity index is 635. The van der Waals surface area contributed by atoms with Crippen LogP contribution in [-0.2, 0) is 16.1 Å². The smallest absolute Gasteiger partial charge is 0.158 e. The van der Waals surface area contributed by atoms with Crippen molar-refractivity contribution in [2.24, 2.45) is 5.92 Å². The first-order valence-corrected chi connectivity index (χ1v) is 8.14. The van der Waals surface area contributed by atoms with E-state index in [9.17, 15) is 0 Å². The zero-order valence-electron chi connectivity index (χ0n) is 12.5. The Morgan fingerprint density at radius 2 is 2.05 bits per heavy atom. The lowest BCUT2D eigenvalue weighted by Gasteiger charge is -2.21. The van der Waals surface area contributed by atoms with E-state index in [2.05, 4.69) is 23.8 Å². The highest BCUT2D eigenvalue weighted by Crippen LogP contribution is 2.31. The first-order chi connectivity index (χ1) is 10.1. The van der Waals surface area contributed by atoms with Crippen molar-refractivity contribution in [1.29, 1.82) is 0 Å². The molecule has 2 aromatic rings. The number of anilines is 1. The summed E-state index contributed by atoms with van der Waals surface area (Å²) in [5.74, 6) is 1.82. The molecule has 0 aromatic carbocycles. The Balaban J connectivity index is 1.67. The molecule has 0 atom stereocenters. The second kappa shape index (κ2) is 6.25. The molecule has 3 heterocycles. The molecule has 0 bridgehead atoms. The largest absolute Gasteiger partial charge is 0.383 e. The van der Waals surface area contributed by atoms with Crippen molar-refractivity contribution in [3.05, 3.63) is 16.3 Å². The number of aromatic nitrogens is 2. The van der Waals surface area contributed by atoms with Crippen molar-refractivity contribution in [2.45, 2.75) is 33.3 Å². The number of ether oxygens (including phenoxy) is 2. The molecule has 0 radical (unpaired) electrons. The molecule has 1 fully saturated rings. The maximum atomic E-state index is 6.07. The van der Waals surface area contributed by atoms with Gasteiger partial charge < -0.3 is 15.2 Å². The third-order valence-corrected chi connectivity index (χ3v) is 5.13. The van der Waals surface area contributed by atoms with Gasteiger partial charge in [-0.15, -0.1) is 11.3 Å². The van der Waals surface area contributed by atoms with Crippen LogP contribution in [0.2, 0.25) is 0 Å². The van der Waals surface area contributed by atoms with Gasteiger partial charge in [-0.1, -0.05) is 0 Å². The minimum Gasteiger partial charge on any atom is -0.383 e. The van der Waals surface area contributed by atoms with Crippen LogP contribution in [0.25, 0.3) is 10.2 Å². The lowest BCUT2D eigenvalue weighted by Crippen LogP contribution is -2.20. The number of nitrogens with zero attached hydrogens (tertiary/aromatic N) is 2. The van der Waals surface area contributed by atoms with Crippen molar-refractivity contribution in [3.63, 3.8) is 0 Å². The highest BCUT2D eigenvalue weighted by atomic mass is 32.1. The highest BCUT2D eigenvalue weighted by Gasteiger charge is 2.15. The van der Waals surface area contributed by atoms with Crippen LogP contribution >= 0.6 is 11.3 Å². The average Bonchev–Trinajstić information content (AvgIpc) is 2.75. The van der Waals surface area contributed by atoms with Crippen LogP contribution in [0.4, 0.5) is 5.82 Å². The summed E-state index contributed by atoms with van der Waals surface area (Å²) in [5.41, 5.74) is 7.25. The summed E-state index contributed by atoms with van der Waals surface area (Å²) in [5, 5.41) is 0.991. The molecule has 6 heteroatoms. The van der Waals surface area contributed by atoms with Crippen molar-refractivity contribution >= 4 is 27.4 Å². The molecule has 2 aromatic heterocycles. The maximum Gasteiger partial charge on any atom is 0.158 e. The number of hydrogen-bond donors (Lipinski definition) is 1. The molecule has 1 aliphatic heterocycles. The zero-order chi connectivity index (χ0) is 14.8. The maximum absolute atomic E-state index is 6.07. The molecular weight excluding hydrogens is 286 g/mol. The van der Waals surface area contributed by atoms with E-state index < -0.39 is 0 Å². The summed E-state index contributed by atoms with van der Waals surface area (Å²) >= 11 is 1.67. The lowest BCUT2D eigenvalue weighted by atomic mass is 10.0. The molecule has 21 heavy (non-hydrogen) atoms. The van der Waals surface area contributed by atoms with E-state index in [1.165, 1.54) is 10.4 Å². The highest BCUT2D eigenvalue weighted by molar-refractivity contribution is 7.18. The van der Waals surface area contributed by atoms with E-state index in [-0.39, 0.29) is 0 Å². The Hall–Kier alpha value is -1.24. The Labute approximate surface area is 128 Å². The van der Waals surface area contributed by atoms with E-state index in [1.54, 1.807) is 11.3 Å². The van der Waals surface area contributed by atoms with E-state index in [0.717, 1.165) is 42.9 Å². The van der Waals surface area contributed by atoms with Gasteiger partial charge in [0.15, 0.2) is 5.82 Å². The summed E-state index contributed by atoms with van der Waals surface area (Å²) in [6.45, 7) is 7.01. The van der Waals surface area contributed by atoms with E-state index in [1.807, 2.05) is 0 Å². The van der Waals surface area contributed by atoms with Gasteiger partial charge in [-0.25, -0.2) is 9.97 Å². The minimum absolute atomic E-state index is 0.424. The molecule has 0 unspecified atom stereocenters. The number of aryl methyl sites for hydroxylation is 2. The third-order valence-electron chi connectivity index (χ3n) is 4.03. The van der Waals surface area contributed by atoms with Crippen LogP contribution < -0.4 is 5.73 Å². The second-order valence-corrected chi connectivity index (χ2v) is 6.76. The van der Waals surface area contributed by atoms with Gasteiger partial charge in [0.2, 0.25) is 0 Å². The van der Waals surface area contributed by atoms with Gasteiger partial charge in [-0.2, -0.15) is 0 Å². The van der Waals surface area contributed by atoms with Gasteiger partial charge in [0.05, 0.1) is 12.0 Å². The molecule has 1 aliphatic rings. The fourth-order valence-electron chi connectivity index (χ4n) is 2.62. The number of rotatable bonds is 4. The molecule has 0 aliphatic carbocycles. The molecule has 2 N–H and O–H groups in total. The predicted octanol–water partition coefficient (Wildman–Crippen LogP) is 2.83. The monoisotopic (exact) mass is 307 g/mol. The van der Waals surface area contributed by atoms with Crippen LogP contribution in [0.3, 0.4) is 0 Å². The fourth-order valence-corrected chi connectivity index (χ4v) is 3.68. The zero-order valence-corrected chi connectivity index (χ0v) is 13.3. The predicted molar refractivity (Wildman–Crippen MR) is 84.5 cm³/mol. The summed E-state index contributed by atoms with van der Waals surface area (Å²) < 4.78 is 11.1. The first kappa shape index (κ1) is 14.7. The SMILES string of the molecule is Cc1sc2nc(COCC3CCOCC3)nc(N)c2c1C. The summed E-state index contributed by atoms with van der Waals surface area (Å²) in [6, 6.07) is 0. The topological polar surface area (TPSA) is 70.3 Å². The quantitative estimate of drug-likeness (QED) is 0.940. The molecule has 0 amide bonds. The molecule has 0 saturated carbocycles. The first-order valence-electron chi connectivity index (χ1n) is 7.32. The van der Waals surface area contributed by atoms with Gasteiger partial charge in [0.25, 0.3) is 0 Å². The van der Waals surface area contributed by atoms with E-state index in [0.29, 0.717) is 24.2 Å². The number of thiophene rings is 1. The molecule has 0 spiro atoms. The summed E-state index contributed by atoms with van der Waals surface area (Å²) in [6.07, 6.45) is 2.15. The van der Waals surface area contributed by atoms with Gasteiger partial charge in [0.1, 0.15) is 17.3 Å². The molecule has 3 rings (SSSR count). The standard InChI is InChI=1S/C15H21N3O2S/c1-9-10(2)21-15-13(9)14(16)17-12(18-15)8-20-7-11-3-5-19-6-4-11/h11H,3-8H2,1-2H3,(H2,16,17,18). The Morgan fingerprint density at radius 3 is 2.81 bits per heavy atom. The number of nitrogen functional groups attached to an aromatic ring is 1. The van der Waals surface area contributed by atoms with Crippen LogP contribution in [0.1, 0.15) is 29.1 Å². The van der Waals surface area contributed by atoms with Gasteiger partial charge in [0, 0.05) is 18.1 Å². The second-order valence-electron chi connectivity index (χ2n) is 5.56.